The van der Waals surface area contributed by atoms with Gasteiger partial charge in [-0.3, -0.25) is 9.59 Å². The molecular formula is C22H21N3O6. The summed E-state index contributed by atoms with van der Waals surface area (Å²) in [6, 6.07) is 10.8. The molecule has 0 saturated carbocycles. The van der Waals surface area contributed by atoms with E-state index < -0.39 is 23.6 Å². The van der Waals surface area contributed by atoms with Crippen LogP contribution < -0.4 is 10.2 Å². The first-order chi connectivity index (χ1) is 14.8. The molecule has 2 aromatic rings. The standard InChI is InChI=1S/C22H21N3O6/c1-2-3-6-18(26)17(14-23)22(30)24-16-10-8-15(9-11-16)5-4-7-21(29)31-25-19(27)12-13-20(25)28/h1,8-13,17,27-28H,3-7H2,(H,24,30). The van der Waals surface area contributed by atoms with Gasteiger partial charge >= 0.3 is 5.97 Å². The van der Waals surface area contributed by atoms with Crippen molar-refractivity contribution >= 4 is 23.3 Å². The Hall–Kier alpha value is -4.24. The van der Waals surface area contributed by atoms with E-state index >= 15 is 0 Å². The topological polar surface area (TPSA) is 142 Å². The maximum Gasteiger partial charge on any atom is 0.333 e. The summed E-state index contributed by atoms with van der Waals surface area (Å²) < 4.78 is 0.631. The Morgan fingerprint density at radius 1 is 1.10 bits per heavy atom. The van der Waals surface area contributed by atoms with E-state index in [1.165, 1.54) is 12.1 Å². The molecule has 1 unspecified atom stereocenters. The third kappa shape index (κ3) is 6.65. The van der Waals surface area contributed by atoms with Crippen LogP contribution in [0.15, 0.2) is 36.4 Å². The van der Waals surface area contributed by atoms with Gasteiger partial charge in [-0.15, -0.1) is 17.1 Å². The van der Waals surface area contributed by atoms with Crippen LogP contribution in [-0.2, 0) is 20.8 Å². The Kier molecular flexibility index (Phi) is 8.23. The lowest BCUT2D eigenvalue weighted by molar-refractivity contribution is -0.145. The Balaban J connectivity index is 1.82. The van der Waals surface area contributed by atoms with Crippen molar-refractivity contribution in [2.75, 3.05) is 5.32 Å². The molecule has 0 fully saturated rings. The molecule has 3 N–H and O–H groups in total. The van der Waals surface area contributed by atoms with E-state index in [2.05, 4.69) is 11.2 Å². The number of anilines is 1. The van der Waals surface area contributed by atoms with E-state index in [1.54, 1.807) is 30.3 Å². The van der Waals surface area contributed by atoms with Gasteiger partial charge in [-0.1, -0.05) is 12.1 Å². The zero-order chi connectivity index (χ0) is 22.8. The summed E-state index contributed by atoms with van der Waals surface area (Å²) in [7, 11) is 0. The van der Waals surface area contributed by atoms with Crippen molar-refractivity contribution in [2.45, 2.75) is 32.1 Å². The van der Waals surface area contributed by atoms with Gasteiger partial charge in [0, 0.05) is 37.1 Å². The van der Waals surface area contributed by atoms with Crippen LogP contribution in [0.1, 0.15) is 31.2 Å². The number of benzene rings is 1. The number of aromatic hydroxyl groups is 2. The summed E-state index contributed by atoms with van der Waals surface area (Å²) in [4.78, 5) is 40.7. The van der Waals surface area contributed by atoms with Crippen LogP contribution in [0.5, 0.6) is 11.8 Å². The maximum absolute atomic E-state index is 12.2. The number of amides is 1. The van der Waals surface area contributed by atoms with Crippen LogP contribution >= 0.6 is 0 Å². The summed E-state index contributed by atoms with van der Waals surface area (Å²) >= 11 is 0. The van der Waals surface area contributed by atoms with Gasteiger partial charge in [0.05, 0.1) is 6.07 Å². The number of hydrogen-bond acceptors (Lipinski definition) is 7. The number of carbonyl (C=O) groups is 3. The van der Waals surface area contributed by atoms with Gasteiger partial charge in [-0.05, 0) is 30.5 Å². The van der Waals surface area contributed by atoms with E-state index in [1.807, 2.05) is 0 Å². The van der Waals surface area contributed by atoms with Crippen molar-refractivity contribution in [1.29, 1.82) is 5.26 Å². The molecule has 0 bridgehead atoms. The van der Waals surface area contributed by atoms with E-state index in [9.17, 15) is 24.6 Å². The fraction of sp³-hybridized carbons (Fsp3) is 0.273. The van der Waals surface area contributed by atoms with Crippen LogP contribution in [0.4, 0.5) is 5.69 Å². The molecule has 1 heterocycles. The highest BCUT2D eigenvalue weighted by atomic mass is 16.7. The monoisotopic (exact) mass is 423 g/mol. The van der Waals surface area contributed by atoms with Crippen molar-refractivity contribution in [1.82, 2.24) is 4.73 Å². The molecule has 2 rings (SSSR count). The second kappa shape index (κ2) is 11.1. The number of aryl methyl sites for hydroxylation is 1. The summed E-state index contributed by atoms with van der Waals surface area (Å²) in [5.74, 6) is -1.76. The number of hydrogen-bond donors (Lipinski definition) is 3. The number of Topliss-reactive ketones (excluding diaryl/α,β-unsaturated/α-hetero) is 1. The number of aromatic nitrogens is 1. The molecule has 0 aliphatic carbocycles. The van der Waals surface area contributed by atoms with Gasteiger partial charge in [-0.2, -0.15) is 5.26 Å². The lowest BCUT2D eigenvalue weighted by Crippen LogP contribution is -2.28. The highest BCUT2D eigenvalue weighted by molar-refractivity contribution is 6.09. The van der Waals surface area contributed by atoms with Crippen LogP contribution in [0.25, 0.3) is 0 Å². The number of ketones is 1. The highest BCUT2D eigenvalue weighted by Gasteiger charge is 2.25. The zero-order valence-electron chi connectivity index (χ0n) is 16.6. The van der Waals surface area contributed by atoms with Gasteiger partial charge in [0.1, 0.15) is 0 Å². The summed E-state index contributed by atoms with van der Waals surface area (Å²) in [5.41, 5.74) is 1.32. The van der Waals surface area contributed by atoms with E-state index in [4.69, 9.17) is 16.5 Å². The van der Waals surface area contributed by atoms with E-state index in [-0.39, 0.29) is 31.0 Å². The number of nitrogens with zero attached hydrogens (tertiary/aromatic N) is 2. The molecule has 31 heavy (non-hydrogen) atoms. The van der Waals surface area contributed by atoms with Gasteiger partial charge in [0.2, 0.25) is 17.7 Å². The van der Waals surface area contributed by atoms with Crippen molar-refractivity contribution in [2.24, 2.45) is 5.92 Å². The zero-order valence-corrected chi connectivity index (χ0v) is 16.6. The molecule has 9 heteroatoms. The molecule has 9 nitrogen and oxygen atoms in total. The van der Waals surface area contributed by atoms with Gasteiger partial charge < -0.3 is 20.4 Å². The highest BCUT2D eigenvalue weighted by Crippen LogP contribution is 2.19. The van der Waals surface area contributed by atoms with Crippen molar-refractivity contribution < 1.29 is 29.4 Å². The van der Waals surface area contributed by atoms with Gasteiger partial charge in [-0.25, -0.2) is 4.79 Å². The van der Waals surface area contributed by atoms with E-state index in [0.717, 1.165) is 5.56 Å². The van der Waals surface area contributed by atoms with Crippen LogP contribution in [-0.4, -0.2) is 32.6 Å². The Morgan fingerprint density at radius 3 is 2.32 bits per heavy atom. The lowest BCUT2D eigenvalue weighted by atomic mass is 10.0. The average molecular weight is 423 g/mol. The molecule has 1 aromatic heterocycles. The molecule has 160 valence electrons. The smallest absolute Gasteiger partial charge is 0.333 e. The number of terminal acetylenes is 1. The first-order valence-electron chi connectivity index (χ1n) is 9.42. The summed E-state index contributed by atoms with van der Waals surface area (Å²) in [6.45, 7) is 0. The molecule has 0 aliphatic rings. The number of rotatable bonds is 10. The minimum atomic E-state index is -1.42. The summed E-state index contributed by atoms with van der Waals surface area (Å²) in [5, 5.41) is 30.5. The largest absolute Gasteiger partial charge is 0.492 e. The number of nitrogens with one attached hydrogen (secondary N) is 1. The number of carbonyl (C=O) groups excluding carboxylic acids is 3. The van der Waals surface area contributed by atoms with Crippen molar-refractivity contribution in [3.8, 4) is 30.2 Å². The first-order valence-corrected chi connectivity index (χ1v) is 9.42. The molecule has 0 spiro atoms. The van der Waals surface area contributed by atoms with E-state index in [0.29, 0.717) is 23.3 Å². The molecule has 0 saturated heterocycles. The van der Waals surface area contributed by atoms with Crippen LogP contribution in [0.3, 0.4) is 0 Å². The Morgan fingerprint density at radius 2 is 1.74 bits per heavy atom. The normalized spacial score (nSPS) is 11.0. The quantitative estimate of drug-likeness (QED) is 0.392. The summed E-state index contributed by atoms with van der Waals surface area (Å²) in [6.07, 6.45) is 6.27. The van der Waals surface area contributed by atoms with Crippen molar-refractivity contribution in [3.63, 3.8) is 0 Å². The maximum atomic E-state index is 12.2. The molecule has 1 amide bonds. The molecular weight excluding hydrogens is 402 g/mol. The van der Waals surface area contributed by atoms with Gasteiger partial charge in [0.15, 0.2) is 11.7 Å². The Bertz CT molecular complexity index is 1010. The van der Waals surface area contributed by atoms with Gasteiger partial charge in [0.25, 0.3) is 0 Å². The molecule has 0 radical (unpaired) electrons. The molecule has 1 aromatic carbocycles. The third-order valence-electron chi connectivity index (χ3n) is 4.29. The molecule has 1 atom stereocenters. The second-order valence-corrected chi connectivity index (χ2v) is 6.58. The fourth-order valence-electron chi connectivity index (χ4n) is 2.67. The van der Waals surface area contributed by atoms with Crippen molar-refractivity contribution in [3.05, 3.63) is 42.0 Å². The minimum Gasteiger partial charge on any atom is -0.492 e. The minimum absolute atomic E-state index is 0.0346. The number of nitriles is 1. The average Bonchev–Trinajstić information content (AvgIpc) is 3.06. The van der Waals surface area contributed by atoms with Crippen LogP contribution in [0.2, 0.25) is 0 Å². The fourth-order valence-corrected chi connectivity index (χ4v) is 2.67. The predicted molar refractivity (Wildman–Crippen MR) is 110 cm³/mol. The lowest BCUT2D eigenvalue weighted by Gasteiger charge is -2.10. The SMILES string of the molecule is C#CCCC(=O)C(C#N)C(=O)Nc1ccc(CCCC(=O)On2c(O)ccc2O)cc1. The first kappa shape index (κ1) is 23.0. The van der Waals surface area contributed by atoms with Crippen LogP contribution in [0, 0.1) is 29.6 Å². The molecule has 0 aliphatic heterocycles. The third-order valence-corrected chi connectivity index (χ3v) is 4.29. The predicted octanol–water partition coefficient (Wildman–Crippen LogP) is 1.94. The Labute approximate surface area is 178 Å². The second-order valence-electron chi connectivity index (χ2n) is 6.58.